The molecule has 1 aliphatic rings. The molecule has 1 unspecified atom stereocenters. The Kier molecular flexibility index (Phi) is 3.42. The largest absolute Gasteiger partial charge is 0.299 e. The van der Waals surface area contributed by atoms with Crippen molar-refractivity contribution < 1.29 is 4.79 Å². The Morgan fingerprint density at radius 3 is 2.88 bits per heavy atom. The van der Waals surface area contributed by atoms with E-state index in [2.05, 4.69) is 38.1 Å². The Bertz CT molecular complexity index is 379. The van der Waals surface area contributed by atoms with Gasteiger partial charge in [-0.25, -0.2) is 0 Å². The number of aryl methyl sites for hydroxylation is 1. The summed E-state index contributed by atoms with van der Waals surface area (Å²) in [6.45, 7) is 4.24. The van der Waals surface area contributed by atoms with E-state index in [-0.39, 0.29) is 5.92 Å². The van der Waals surface area contributed by atoms with Crippen LogP contribution in [-0.2, 0) is 11.2 Å². The number of hydrogen-bond acceptors (Lipinski definition) is 1. The van der Waals surface area contributed by atoms with E-state index in [0.29, 0.717) is 11.7 Å². The number of carbonyl (C=O) groups excluding carboxylic acids is 1. The maximum Gasteiger partial charge on any atom is 0.140 e. The van der Waals surface area contributed by atoms with Gasteiger partial charge < -0.3 is 0 Å². The molecule has 0 aromatic heterocycles. The molecule has 0 saturated carbocycles. The number of hydrogen-bond donors (Lipinski definition) is 0. The van der Waals surface area contributed by atoms with Gasteiger partial charge in [0, 0.05) is 12.3 Å². The molecule has 0 amide bonds. The summed E-state index contributed by atoms with van der Waals surface area (Å²) in [6, 6.07) is 8.44. The normalized spacial score (nSPS) is 19.6. The zero-order valence-corrected chi connectivity index (χ0v) is 10.2. The number of ketones is 1. The molecule has 1 aromatic rings. The van der Waals surface area contributed by atoms with Crippen molar-refractivity contribution >= 4 is 5.78 Å². The fourth-order valence-corrected chi connectivity index (χ4v) is 2.63. The number of benzene rings is 1. The predicted octanol–water partition coefficient (Wildman–Crippen LogP) is 3.72. The Hall–Kier alpha value is -1.11. The summed E-state index contributed by atoms with van der Waals surface area (Å²) >= 11 is 0. The van der Waals surface area contributed by atoms with Crippen molar-refractivity contribution in [2.75, 3.05) is 0 Å². The molecule has 1 nitrogen and oxygen atoms in total. The smallest absolute Gasteiger partial charge is 0.140 e. The predicted molar refractivity (Wildman–Crippen MR) is 66.6 cm³/mol. The molecular formula is C15H20O. The molecule has 0 radical (unpaired) electrons. The lowest BCUT2D eigenvalue weighted by Gasteiger charge is -2.24. The van der Waals surface area contributed by atoms with Crippen LogP contribution in [0.3, 0.4) is 0 Å². The molecule has 0 saturated heterocycles. The molecule has 16 heavy (non-hydrogen) atoms. The lowest BCUT2D eigenvalue weighted by Crippen LogP contribution is -2.19. The Morgan fingerprint density at radius 1 is 1.38 bits per heavy atom. The topological polar surface area (TPSA) is 17.1 Å². The molecule has 0 N–H and O–H groups in total. The van der Waals surface area contributed by atoms with Crippen LogP contribution in [0.2, 0.25) is 0 Å². The van der Waals surface area contributed by atoms with Gasteiger partial charge in [0.15, 0.2) is 0 Å². The van der Waals surface area contributed by atoms with E-state index in [1.54, 1.807) is 0 Å². The minimum absolute atomic E-state index is 0.173. The van der Waals surface area contributed by atoms with Crippen LogP contribution in [-0.4, -0.2) is 5.78 Å². The first-order valence-electron chi connectivity index (χ1n) is 6.29. The average Bonchev–Trinajstić information content (AvgIpc) is 2.27. The van der Waals surface area contributed by atoms with Crippen LogP contribution < -0.4 is 0 Å². The average molecular weight is 216 g/mol. The second kappa shape index (κ2) is 4.82. The summed E-state index contributed by atoms with van der Waals surface area (Å²) in [5.41, 5.74) is 2.68. The Morgan fingerprint density at radius 2 is 2.12 bits per heavy atom. The van der Waals surface area contributed by atoms with Crippen molar-refractivity contribution in [3.05, 3.63) is 35.4 Å². The van der Waals surface area contributed by atoms with Crippen LogP contribution in [0.4, 0.5) is 0 Å². The monoisotopic (exact) mass is 216 g/mol. The molecule has 0 aliphatic heterocycles. The van der Waals surface area contributed by atoms with Gasteiger partial charge in [0.05, 0.1) is 0 Å². The summed E-state index contributed by atoms with van der Waals surface area (Å²) in [4.78, 5) is 12.2. The van der Waals surface area contributed by atoms with Crippen LogP contribution in [0.15, 0.2) is 24.3 Å². The van der Waals surface area contributed by atoms with Gasteiger partial charge in [0.25, 0.3) is 0 Å². The van der Waals surface area contributed by atoms with Crippen molar-refractivity contribution in [3.63, 3.8) is 0 Å². The lowest BCUT2D eigenvalue weighted by molar-refractivity contribution is -0.121. The fourth-order valence-electron chi connectivity index (χ4n) is 2.63. The van der Waals surface area contributed by atoms with E-state index in [0.717, 1.165) is 25.7 Å². The maximum atomic E-state index is 12.2. The van der Waals surface area contributed by atoms with Crippen LogP contribution in [0.25, 0.3) is 0 Å². The first-order valence-corrected chi connectivity index (χ1v) is 6.29. The van der Waals surface area contributed by atoms with Crippen molar-refractivity contribution in [2.45, 2.75) is 45.4 Å². The second-order valence-corrected chi connectivity index (χ2v) is 5.21. The summed E-state index contributed by atoms with van der Waals surface area (Å²) in [7, 11) is 0. The molecule has 1 aliphatic carbocycles. The molecule has 2 rings (SSSR count). The summed E-state index contributed by atoms with van der Waals surface area (Å²) in [5, 5.41) is 0. The van der Waals surface area contributed by atoms with Crippen molar-refractivity contribution in [3.8, 4) is 0 Å². The maximum absolute atomic E-state index is 12.2. The number of rotatable bonds is 3. The fraction of sp³-hybridized carbons (Fsp3) is 0.533. The molecule has 0 spiro atoms. The minimum atomic E-state index is 0.173. The molecule has 0 fully saturated rings. The van der Waals surface area contributed by atoms with Crippen LogP contribution in [0.1, 0.15) is 50.2 Å². The highest BCUT2D eigenvalue weighted by atomic mass is 16.1. The van der Waals surface area contributed by atoms with E-state index in [9.17, 15) is 4.79 Å². The molecule has 0 heterocycles. The third kappa shape index (κ3) is 2.34. The third-order valence-electron chi connectivity index (χ3n) is 3.37. The van der Waals surface area contributed by atoms with Gasteiger partial charge in [0.2, 0.25) is 0 Å². The van der Waals surface area contributed by atoms with Gasteiger partial charge in [-0.05, 0) is 36.3 Å². The first kappa shape index (κ1) is 11.4. The van der Waals surface area contributed by atoms with Crippen LogP contribution in [0, 0.1) is 5.92 Å². The molecule has 1 aromatic carbocycles. The van der Waals surface area contributed by atoms with E-state index in [1.807, 2.05) is 0 Å². The van der Waals surface area contributed by atoms with E-state index < -0.39 is 0 Å². The molecule has 0 bridgehead atoms. The van der Waals surface area contributed by atoms with Gasteiger partial charge in [-0.1, -0.05) is 38.1 Å². The van der Waals surface area contributed by atoms with Crippen molar-refractivity contribution in [1.29, 1.82) is 0 Å². The van der Waals surface area contributed by atoms with Crippen LogP contribution >= 0.6 is 0 Å². The van der Waals surface area contributed by atoms with Gasteiger partial charge in [0.1, 0.15) is 5.78 Å². The molecule has 86 valence electrons. The van der Waals surface area contributed by atoms with Crippen molar-refractivity contribution in [2.24, 2.45) is 5.92 Å². The second-order valence-electron chi connectivity index (χ2n) is 5.21. The van der Waals surface area contributed by atoms with Crippen molar-refractivity contribution in [1.82, 2.24) is 0 Å². The number of Topliss-reactive ketones (excluding diaryl/α,β-unsaturated/α-hetero) is 1. The van der Waals surface area contributed by atoms with Gasteiger partial charge in [-0.15, -0.1) is 0 Å². The van der Waals surface area contributed by atoms with Gasteiger partial charge in [-0.3, -0.25) is 4.79 Å². The number of carbonyl (C=O) groups is 1. The Balaban J connectivity index is 2.21. The molecule has 1 heteroatoms. The molecular weight excluding hydrogens is 196 g/mol. The van der Waals surface area contributed by atoms with E-state index in [1.165, 1.54) is 11.1 Å². The standard InChI is InChI=1S/C15H20O/c1-11(2)10-15(16)14-9-5-7-12-6-3-4-8-13(12)14/h3-4,6,8,11,14H,5,7,9-10H2,1-2H3. The zero-order chi connectivity index (χ0) is 11.5. The highest BCUT2D eigenvalue weighted by Gasteiger charge is 2.25. The highest BCUT2D eigenvalue weighted by molar-refractivity contribution is 5.86. The first-order chi connectivity index (χ1) is 7.68. The summed E-state index contributed by atoms with van der Waals surface area (Å²) in [6.07, 6.45) is 4.06. The summed E-state index contributed by atoms with van der Waals surface area (Å²) in [5.74, 6) is 1.08. The number of fused-ring (bicyclic) bond motifs is 1. The van der Waals surface area contributed by atoms with Crippen LogP contribution in [0.5, 0.6) is 0 Å². The highest BCUT2D eigenvalue weighted by Crippen LogP contribution is 2.33. The quantitative estimate of drug-likeness (QED) is 0.752. The third-order valence-corrected chi connectivity index (χ3v) is 3.37. The summed E-state index contributed by atoms with van der Waals surface area (Å²) < 4.78 is 0. The van der Waals surface area contributed by atoms with E-state index >= 15 is 0 Å². The zero-order valence-electron chi connectivity index (χ0n) is 10.2. The van der Waals surface area contributed by atoms with Gasteiger partial charge in [-0.2, -0.15) is 0 Å². The lowest BCUT2D eigenvalue weighted by atomic mass is 9.79. The molecule has 1 atom stereocenters. The van der Waals surface area contributed by atoms with Gasteiger partial charge >= 0.3 is 0 Å². The Labute approximate surface area is 97.9 Å². The minimum Gasteiger partial charge on any atom is -0.299 e. The SMILES string of the molecule is CC(C)CC(=O)C1CCCc2ccccc21. The van der Waals surface area contributed by atoms with E-state index in [4.69, 9.17) is 0 Å².